The van der Waals surface area contributed by atoms with E-state index in [4.69, 9.17) is 4.74 Å². The van der Waals surface area contributed by atoms with Gasteiger partial charge in [0.2, 0.25) is 0 Å². The van der Waals surface area contributed by atoms with Gasteiger partial charge in [-0.25, -0.2) is 0 Å². The number of nitro benzene ring substituents is 1. The number of hydrogen-bond donors (Lipinski definition) is 1. The van der Waals surface area contributed by atoms with Gasteiger partial charge in [-0.2, -0.15) is 0 Å². The summed E-state index contributed by atoms with van der Waals surface area (Å²) in [5.41, 5.74) is 0.838. The Morgan fingerprint density at radius 2 is 2.06 bits per heavy atom. The number of para-hydroxylation sites is 1. The van der Waals surface area contributed by atoms with Crippen LogP contribution in [0.2, 0.25) is 0 Å². The lowest BCUT2D eigenvalue weighted by Crippen LogP contribution is -2.36. The summed E-state index contributed by atoms with van der Waals surface area (Å²) in [5.74, 6) is 0. The van der Waals surface area contributed by atoms with Crippen molar-refractivity contribution in [2.24, 2.45) is 0 Å². The topological polar surface area (TPSA) is 64.4 Å². The maximum absolute atomic E-state index is 10.8. The van der Waals surface area contributed by atoms with E-state index in [-0.39, 0.29) is 22.8 Å². The molecule has 0 spiro atoms. The molecular weight excluding hydrogens is 220 g/mol. The van der Waals surface area contributed by atoms with Gasteiger partial charge in [0.25, 0.3) is 5.69 Å². The molecule has 0 aliphatic rings. The van der Waals surface area contributed by atoms with E-state index in [1.54, 1.807) is 25.3 Å². The maximum atomic E-state index is 10.8. The van der Waals surface area contributed by atoms with Crippen molar-refractivity contribution in [1.29, 1.82) is 0 Å². The Kier molecular flexibility index (Phi) is 5.06. The molecule has 1 aromatic carbocycles. The predicted octanol–water partition coefficient (Wildman–Crippen LogP) is 2.11. The summed E-state index contributed by atoms with van der Waals surface area (Å²) in [7, 11) is 1.65. The molecule has 0 saturated heterocycles. The lowest BCUT2D eigenvalue weighted by atomic mass is 10.1. The highest BCUT2D eigenvalue weighted by molar-refractivity contribution is 5.39. The van der Waals surface area contributed by atoms with Gasteiger partial charge in [0, 0.05) is 31.3 Å². The molecule has 94 valence electrons. The first-order valence-corrected chi connectivity index (χ1v) is 5.54. The highest BCUT2D eigenvalue weighted by Gasteiger charge is 2.15. The number of rotatable bonds is 6. The van der Waals surface area contributed by atoms with Crippen LogP contribution in [0.4, 0.5) is 5.69 Å². The summed E-state index contributed by atoms with van der Waals surface area (Å²) in [4.78, 5) is 10.4. The molecule has 1 aromatic rings. The van der Waals surface area contributed by atoms with Crippen LogP contribution in [0.15, 0.2) is 24.3 Å². The van der Waals surface area contributed by atoms with Crippen LogP contribution in [0.5, 0.6) is 0 Å². The average molecular weight is 238 g/mol. The molecular formula is C12H18N2O3. The van der Waals surface area contributed by atoms with E-state index in [0.717, 1.165) is 0 Å². The number of nitro groups is 1. The van der Waals surface area contributed by atoms with Crippen LogP contribution in [0.25, 0.3) is 0 Å². The first-order valence-electron chi connectivity index (χ1n) is 5.54. The van der Waals surface area contributed by atoms with Gasteiger partial charge in [-0.3, -0.25) is 10.1 Å². The molecule has 0 aliphatic carbocycles. The van der Waals surface area contributed by atoms with Crippen LogP contribution in [0.1, 0.15) is 19.4 Å². The van der Waals surface area contributed by atoms with Crippen LogP contribution < -0.4 is 5.32 Å². The number of hydrogen-bond acceptors (Lipinski definition) is 4. The summed E-state index contributed by atoms with van der Waals surface area (Å²) in [6, 6.07) is 6.88. The number of nitrogens with one attached hydrogen (secondary N) is 1. The Labute approximate surface area is 101 Å². The monoisotopic (exact) mass is 238 g/mol. The minimum Gasteiger partial charge on any atom is -0.380 e. The quantitative estimate of drug-likeness (QED) is 0.609. The second-order valence-corrected chi connectivity index (χ2v) is 4.00. The zero-order chi connectivity index (χ0) is 12.8. The molecule has 0 bridgehead atoms. The second-order valence-electron chi connectivity index (χ2n) is 4.00. The van der Waals surface area contributed by atoms with Crippen LogP contribution in [-0.4, -0.2) is 24.2 Å². The van der Waals surface area contributed by atoms with Crippen molar-refractivity contribution in [1.82, 2.24) is 5.32 Å². The summed E-state index contributed by atoms with van der Waals surface area (Å²) in [5, 5.41) is 14.0. The maximum Gasteiger partial charge on any atom is 0.273 e. The third-order valence-electron chi connectivity index (χ3n) is 2.88. The molecule has 2 atom stereocenters. The molecule has 0 aromatic heterocycles. The fourth-order valence-electron chi connectivity index (χ4n) is 1.48. The lowest BCUT2D eigenvalue weighted by molar-refractivity contribution is -0.385. The smallest absolute Gasteiger partial charge is 0.273 e. The minimum absolute atomic E-state index is 0.0674. The molecule has 17 heavy (non-hydrogen) atoms. The van der Waals surface area contributed by atoms with Crippen LogP contribution in [0.3, 0.4) is 0 Å². The van der Waals surface area contributed by atoms with Crippen LogP contribution >= 0.6 is 0 Å². The number of methoxy groups -OCH3 is 1. The molecule has 2 unspecified atom stereocenters. The molecule has 0 heterocycles. The Morgan fingerprint density at radius 3 is 2.65 bits per heavy atom. The molecule has 1 N–H and O–H groups in total. The van der Waals surface area contributed by atoms with Gasteiger partial charge < -0.3 is 10.1 Å². The lowest BCUT2D eigenvalue weighted by Gasteiger charge is -2.19. The van der Waals surface area contributed by atoms with E-state index in [1.807, 2.05) is 13.8 Å². The molecule has 0 amide bonds. The molecule has 5 heteroatoms. The summed E-state index contributed by atoms with van der Waals surface area (Å²) in [6.07, 6.45) is 0.0674. The average Bonchev–Trinajstić information content (AvgIpc) is 2.35. The molecule has 0 saturated carbocycles. The molecule has 0 aliphatic heterocycles. The van der Waals surface area contributed by atoms with E-state index in [0.29, 0.717) is 12.1 Å². The van der Waals surface area contributed by atoms with Crippen molar-refractivity contribution in [3.8, 4) is 0 Å². The largest absolute Gasteiger partial charge is 0.380 e. The van der Waals surface area contributed by atoms with E-state index in [2.05, 4.69) is 5.32 Å². The zero-order valence-corrected chi connectivity index (χ0v) is 10.3. The van der Waals surface area contributed by atoms with Crippen LogP contribution in [-0.2, 0) is 11.3 Å². The van der Waals surface area contributed by atoms with Crippen molar-refractivity contribution in [2.45, 2.75) is 32.5 Å². The number of ether oxygens (including phenoxy) is 1. The number of benzene rings is 1. The van der Waals surface area contributed by atoms with Gasteiger partial charge in [-0.1, -0.05) is 18.2 Å². The Morgan fingerprint density at radius 1 is 1.41 bits per heavy atom. The summed E-state index contributed by atoms with van der Waals surface area (Å²) < 4.78 is 5.18. The third kappa shape index (κ3) is 3.80. The van der Waals surface area contributed by atoms with Gasteiger partial charge in [-0.15, -0.1) is 0 Å². The van der Waals surface area contributed by atoms with Gasteiger partial charge in [0.15, 0.2) is 0 Å². The van der Waals surface area contributed by atoms with Gasteiger partial charge in [-0.05, 0) is 13.8 Å². The SMILES string of the molecule is COC(C)C(C)NCc1ccccc1[N+](=O)[O-]. The molecule has 0 radical (unpaired) electrons. The predicted molar refractivity (Wildman–Crippen MR) is 65.9 cm³/mol. The van der Waals surface area contributed by atoms with Crippen molar-refractivity contribution in [3.63, 3.8) is 0 Å². The normalized spacial score (nSPS) is 14.3. The highest BCUT2D eigenvalue weighted by Crippen LogP contribution is 2.17. The molecule has 1 rings (SSSR count). The highest BCUT2D eigenvalue weighted by atomic mass is 16.6. The van der Waals surface area contributed by atoms with Crippen molar-refractivity contribution in [2.75, 3.05) is 7.11 Å². The summed E-state index contributed by atoms with van der Waals surface area (Å²) in [6.45, 7) is 4.41. The first kappa shape index (κ1) is 13.6. The van der Waals surface area contributed by atoms with E-state index < -0.39 is 0 Å². The molecule has 5 nitrogen and oxygen atoms in total. The number of nitrogens with zero attached hydrogens (tertiary/aromatic N) is 1. The summed E-state index contributed by atoms with van der Waals surface area (Å²) >= 11 is 0. The Hall–Kier alpha value is -1.46. The standard InChI is InChI=1S/C12H18N2O3/c1-9(10(2)17-3)13-8-11-6-4-5-7-12(11)14(15)16/h4-7,9-10,13H,8H2,1-3H3. The minimum atomic E-state index is -0.360. The van der Waals surface area contributed by atoms with Crippen molar-refractivity contribution < 1.29 is 9.66 Å². The van der Waals surface area contributed by atoms with E-state index in [1.165, 1.54) is 6.07 Å². The first-order chi connectivity index (χ1) is 8.06. The molecule has 0 fully saturated rings. The van der Waals surface area contributed by atoms with Crippen molar-refractivity contribution >= 4 is 5.69 Å². The zero-order valence-electron chi connectivity index (χ0n) is 10.3. The van der Waals surface area contributed by atoms with E-state index in [9.17, 15) is 10.1 Å². The van der Waals surface area contributed by atoms with Gasteiger partial charge in [0.1, 0.15) is 0 Å². The Balaban J connectivity index is 2.66. The van der Waals surface area contributed by atoms with Crippen molar-refractivity contribution in [3.05, 3.63) is 39.9 Å². The van der Waals surface area contributed by atoms with E-state index >= 15 is 0 Å². The fraction of sp³-hybridized carbons (Fsp3) is 0.500. The van der Waals surface area contributed by atoms with Crippen LogP contribution in [0, 0.1) is 10.1 Å². The third-order valence-corrected chi connectivity index (χ3v) is 2.88. The fourth-order valence-corrected chi connectivity index (χ4v) is 1.48. The second kappa shape index (κ2) is 6.32. The van der Waals surface area contributed by atoms with Gasteiger partial charge in [0.05, 0.1) is 11.0 Å². The van der Waals surface area contributed by atoms with Gasteiger partial charge >= 0.3 is 0 Å². The Bertz CT molecular complexity index is 382.